The Balaban J connectivity index is 2.66. The van der Waals surface area contributed by atoms with Crippen molar-refractivity contribution in [3.8, 4) is 0 Å². The summed E-state index contributed by atoms with van der Waals surface area (Å²) in [6.45, 7) is 8.57. The number of nitrogens with zero attached hydrogens (tertiary/aromatic N) is 2. The fourth-order valence-corrected chi connectivity index (χ4v) is 1.43. The summed E-state index contributed by atoms with van der Waals surface area (Å²) in [6, 6.07) is 2.17. The second kappa shape index (κ2) is 2.80. The van der Waals surface area contributed by atoms with Crippen LogP contribution in [0.5, 0.6) is 0 Å². The SMILES string of the molecule is Cc1[nH]nc2ncc(C(C)(C)C)cc12. The number of H-pyrrole nitrogens is 1. The first-order valence-electron chi connectivity index (χ1n) is 4.80. The van der Waals surface area contributed by atoms with Crippen LogP contribution in [0.4, 0.5) is 0 Å². The molecule has 74 valence electrons. The van der Waals surface area contributed by atoms with Crippen molar-refractivity contribution in [2.75, 3.05) is 0 Å². The van der Waals surface area contributed by atoms with Gasteiger partial charge in [0.1, 0.15) is 0 Å². The zero-order chi connectivity index (χ0) is 10.3. The van der Waals surface area contributed by atoms with Gasteiger partial charge in [-0.05, 0) is 24.0 Å². The van der Waals surface area contributed by atoms with Crippen LogP contribution in [-0.4, -0.2) is 15.2 Å². The van der Waals surface area contributed by atoms with E-state index in [1.54, 1.807) is 0 Å². The number of aryl methyl sites for hydroxylation is 1. The number of fused-ring (bicyclic) bond motifs is 1. The zero-order valence-electron chi connectivity index (χ0n) is 9.05. The Hall–Kier alpha value is -1.38. The summed E-state index contributed by atoms with van der Waals surface area (Å²) in [5.41, 5.74) is 3.27. The molecule has 2 aromatic rings. The van der Waals surface area contributed by atoms with Crippen molar-refractivity contribution in [2.24, 2.45) is 0 Å². The lowest BCUT2D eigenvalue weighted by molar-refractivity contribution is 0.588. The maximum Gasteiger partial charge on any atom is 0.181 e. The molecule has 2 heterocycles. The molecule has 0 radical (unpaired) electrons. The predicted molar refractivity (Wildman–Crippen MR) is 57.3 cm³/mol. The molecule has 0 aliphatic rings. The summed E-state index contributed by atoms with van der Waals surface area (Å²) in [6.07, 6.45) is 1.91. The monoisotopic (exact) mass is 189 g/mol. The quantitative estimate of drug-likeness (QED) is 0.692. The summed E-state index contributed by atoms with van der Waals surface area (Å²) >= 11 is 0. The van der Waals surface area contributed by atoms with Crippen LogP contribution in [0.1, 0.15) is 32.0 Å². The highest BCUT2D eigenvalue weighted by atomic mass is 15.1. The van der Waals surface area contributed by atoms with E-state index in [1.165, 1.54) is 5.56 Å². The van der Waals surface area contributed by atoms with Crippen molar-refractivity contribution in [3.05, 3.63) is 23.5 Å². The number of pyridine rings is 1. The molecule has 3 nitrogen and oxygen atoms in total. The molecule has 1 N–H and O–H groups in total. The number of rotatable bonds is 0. The van der Waals surface area contributed by atoms with Gasteiger partial charge in [0.2, 0.25) is 0 Å². The molecule has 3 heteroatoms. The maximum atomic E-state index is 4.33. The Bertz CT molecular complexity index is 463. The van der Waals surface area contributed by atoms with Gasteiger partial charge in [0.05, 0.1) is 0 Å². The van der Waals surface area contributed by atoms with Crippen LogP contribution in [-0.2, 0) is 5.41 Å². The number of aromatic amines is 1. The van der Waals surface area contributed by atoms with Crippen LogP contribution < -0.4 is 0 Å². The van der Waals surface area contributed by atoms with Crippen molar-refractivity contribution in [1.29, 1.82) is 0 Å². The summed E-state index contributed by atoms with van der Waals surface area (Å²) in [4.78, 5) is 4.33. The van der Waals surface area contributed by atoms with Gasteiger partial charge in [-0.25, -0.2) is 4.98 Å². The minimum atomic E-state index is 0.144. The maximum absolute atomic E-state index is 4.33. The number of nitrogens with one attached hydrogen (secondary N) is 1. The molecule has 0 atom stereocenters. The largest absolute Gasteiger partial charge is 0.280 e. The minimum absolute atomic E-state index is 0.144. The third kappa shape index (κ3) is 1.39. The molecule has 0 amide bonds. The highest BCUT2D eigenvalue weighted by Crippen LogP contribution is 2.24. The summed E-state index contributed by atoms with van der Waals surface area (Å²) in [5, 5.41) is 8.17. The van der Waals surface area contributed by atoms with E-state index in [0.717, 1.165) is 16.7 Å². The Morgan fingerprint density at radius 2 is 2.00 bits per heavy atom. The topological polar surface area (TPSA) is 41.6 Å². The molecule has 0 aliphatic carbocycles. The van der Waals surface area contributed by atoms with Crippen molar-refractivity contribution in [2.45, 2.75) is 33.1 Å². The van der Waals surface area contributed by atoms with Crippen molar-refractivity contribution >= 4 is 11.0 Å². The van der Waals surface area contributed by atoms with E-state index in [0.29, 0.717) is 0 Å². The fourth-order valence-electron chi connectivity index (χ4n) is 1.43. The van der Waals surface area contributed by atoms with E-state index in [1.807, 2.05) is 13.1 Å². The molecule has 0 saturated carbocycles. The van der Waals surface area contributed by atoms with E-state index in [4.69, 9.17) is 0 Å². The molecule has 14 heavy (non-hydrogen) atoms. The summed E-state index contributed by atoms with van der Waals surface area (Å²) < 4.78 is 0. The van der Waals surface area contributed by atoms with E-state index >= 15 is 0 Å². The second-order valence-corrected chi connectivity index (χ2v) is 4.69. The van der Waals surface area contributed by atoms with E-state index in [9.17, 15) is 0 Å². The highest BCUT2D eigenvalue weighted by molar-refractivity contribution is 5.78. The third-order valence-electron chi connectivity index (χ3n) is 2.47. The molecule has 0 aliphatic heterocycles. The summed E-state index contributed by atoms with van der Waals surface area (Å²) in [7, 11) is 0. The second-order valence-electron chi connectivity index (χ2n) is 4.69. The van der Waals surface area contributed by atoms with Gasteiger partial charge in [0.15, 0.2) is 5.65 Å². The average molecular weight is 189 g/mol. The molecular weight excluding hydrogens is 174 g/mol. The Labute approximate surface area is 83.6 Å². The van der Waals surface area contributed by atoms with Gasteiger partial charge in [-0.2, -0.15) is 5.10 Å². The van der Waals surface area contributed by atoms with Crippen LogP contribution in [0.2, 0.25) is 0 Å². The van der Waals surface area contributed by atoms with Gasteiger partial charge in [0, 0.05) is 17.3 Å². The standard InChI is InChI=1S/C11H15N3/c1-7-9-5-8(11(2,3)4)6-12-10(9)14-13-7/h5-6H,1-4H3,(H,12,13,14). The normalized spacial score (nSPS) is 12.3. The first kappa shape index (κ1) is 9.19. The van der Waals surface area contributed by atoms with Crippen molar-refractivity contribution in [3.63, 3.8) is 0 Å². The summed E-state index contributed by atoms with van der Waals surface area (Å²) in [5.74, 6) is 0. The number of hydrogen-bond acceptors (Lipinski definition) is 2. The Morgan fingerprint density at radius 1 is 1.29 bits per heavy atom. The molecule has 2 rings (SSSR count). The lowest BCUT2D eigenvalue weighted by atomic mass is 9.88. The molecule has 0 aromatic carbocycles. The lowest BCUT2D eigenvalue weighted by Crippen LogP contribution is -2.11. The smallest absolute Gasteiger partial charge is 0.181 e. The van der Waals surface area contributed by atoms with Crippen LogP contribution in [0.25, 0.3) is 11.0 Å². The van der Waals surface area contributed by atoms with Gasteiger partial charge in [-0.3, -0.25) is 5.10 Å². The highest BCUT2D eigenvalue weighted by Gasteiger charge is 2.15. The number of aromatic nitrogens is 3. The van der Waals surface area contributed by atoms with Gasteiger partial charge < -0.3 is 0 Å². The van der Waals surface area contributed by atoms with Crippen LogP contribution in [0.3, 0.4) is 0 Å². The molecule has 0 fully saturated rings. The first-order chi connectivity index (χ1) is 6.48. The first-order valence-corrected chi connectivity index (χ1v) is 4.80. The average Bonchev–Trinajstić information content (AvgIpc) is 2.46. The number of hydrogen-bond donors (Lipinski definition) is 1. The molecule has 0 bridgehead atoms. The van der Waals surface area contributed by atoms with Gasteiger partial charge in [-0.1, -0.05) is 20.8 Å². The molecule has 0 unspecified atom stereocenters. The van der Waals surface area contributed by atoms with Gasteiger partial charge in [-0.15, -0.1) is 0 Å². The Kier molecular flexibility index (Phi) is 1.84. The molecule has 2 aromatic heterocycles. The zero-order valence-corrected chi connectivity index (χ0v) is 9.05. The Morgan fingerprint density at radius 3 is 2.64 bits per heavy atom. The van der Waals surface area contributed by atoms with Gasteiger partial charge in [0.25, 0.3) is 0 Å². The predicted octanol–water partition coefficient (Wildman–Crippen LogP) is 2.56. The molecule has 0 spiro atoms. The van der Waals surface area contributed by atoms with Crippen molar-refractivity contribution in [1.82, 2.24) is 15.2 Å². The van der Waals surface area contributed by atoms with E-state index < -0.39 is 0 Å². The van der Waals surface area contributed by atoms with Crippen LogP contribution >= 0.6 is 0 Å². The fraction of sp³-hybridized carbons (Fsp3) is 0.455. The van der Waals surface area contributed by atoms with E-state index in [2.05, 4.69) is 42.0 Å². The van der Waals surface area contributed by atoms with Gasteiger partial charge >= 0.3 is 0 Å². The van der Waals surface area contributed by atoms with Crippen molar-refractivity contribution < 1.29 is 0 Å². The van der Waals surface area contributed by atoms with Crippen LogP contribution in [0, 0.1) is 6.92 Å². The lowest BCUT2D eigenvalue weighted by Gasteiger charge is -2.18. The van der Waals surface area contributed by atoms with E-state index in [-0.39, 0.29) is 5.41 Å². The third-order valence-corrected chi connectivity index (χ3v) is 2.47. The molecule has 0 saturated heterocycles. The molecular formula is C11H15N3. The van der Waals surface area contributed by atoms with Crippen LogP contribution in [0.15, 0.2) is 12.3 Å². The minimum Gasteiger partial charge on any atom is -0.280 e.